The van der Waals surface area contributed by atoms with Gasteiger partial charge in [-0.05, 0) is 43.7 Å². The minimum Gasteiger partial charge on any atom is -0.492 e. The Morgan fingerprint density at radius 3 is 2.50 bits per heavy atom. The van der Waals surface area contributed by atoms with Crippen LogP contribution in [0.5, 0.6) is 11.5 Å². The summed E-state index contributed by atoms with van der Waals surface area (Å²) in [6, 6.07) is 8.51. The maximum absolute atomic E-state index is 12.9. The number of amides is 1. The molecule has 1 amide bonds. The van der Waals surface area contributed by atoms with Gasteiger partial charge in [0.25, 0.3) is 5.91 Å². The number of benzene rings is 2. The number of nitrogens with zero attached hydrogens (tertiary/aromatic N) is 1. The van der Waals surface area contributed by atoms with E-state index in [1.807, 2.05) is 23.6 Å². The van der Waals surface area contributed by atoms with Gasteiger partial charge < -0.3 is 14.6 Å². The van der Waals surface area contributed by atoms with Crippen molar-refractivity contribution in [2.75, 3.05) is 19.0 Å². The number of carbonyl (C=O) groups is 2. The van der Waals surface area contributed by atoms with E-state index in [2.05, 4.69) is 17.2 Å². The maximum Gasteiger partial charge on any atom is 0.331 e. The zero-order chi connectivity index (χ0) is 27.7. The maximum atomic E-state index is 12.9. The SMILES string of the molecule is CCCCCCCOc1cccc(-c2csc(NC(=O)c3cc(Cl)c(C=C(C)C(=O)O)c(Cl)c3)n2)c1OC. The Hall–Kier alpha value is -3.07. The number of rotatable bonds is 13. The number of nitrogens with one attached hydrogen (secondary N) is 1. The Kier molecular flexibility index (Phi) is 11.0. The van der Waals surface area contributed by atoms with Crippen molar-refractivity contribution in [2.24, 2.45) is 0 Å². The summed E-state index contributed by atoms with van der Waals surface area (Å²) in [6.45, 7) is 4.23. The van der Waals surface area contributed by atoms with Crippen molar-refractivity contribution in [3.8, 4) is 22.8 Å². The first-order chi connectivity index (χ1) is 18.2. The number of hydrogen-bond donors (Lipinski definition) is 2. The number of methoxy groups -OCH3 is 1. The first-order valence-corrected chi connectivity index (χ1v) is 13.9. The van der Waals surface area contributed by atoms with Crippen LogP contribution in [0.1, 0.15) is 61.9 Å². The van der Waals surface area contributed by atoms with Gasteiger partial charge in [0.1, 0.15) is 0 Å². The molecule has 0 bridgehead atoms. The van der Waals surface area contributed by atoms with Gasteiger partial charge in [0.05, 0.1) is 29.5 Å². The van der Waals surface area contributed by atoms with Crippen LogP contribution >= 0.6 is 34.5 Å². The molecule has 3 rings (SSSR count). The Morgan fingerprint density at radius 1 is 1.13 bits per heavy atom. The fourth-order valence-electron chi connectivity index (χ4n) is 3.69. The van der Waals surface area contributed by atoms with Gasteiger partial charge in [0.2, 0.25) is 0 Å². The highest BCUT2D eigenvalue weighted by Crippen LogP contribution is 2.39. The molecule has 0 aliphatic rings. The minimum absolute atomic E-state index is 0.0678. The third-order valence-electron chi connectivity index (χ3n) is 5.73. The van der Waals surface area contributed by atoms with Crippen LogP contribution in [0.25, 0.3) is 17.3 Å². The van der Waals surface area contributed by atoms with Crippen LogP contribution in [0.15, 0.2) is 41.3 Å². The summed E-state index contributed by atoms with van der Waals surface area (Å²) >= 11 is 13.8. The van der Waals surface area contributed by atoms with Crippen LogP contribution < -0.4 is 14.8 Å². The summed E-state index contributed by atoms with van der Waals surface area (Å²) in [7, 11) is 1.59. The van der Waals surface area contributed by atoms with E-state index < -0.39 is 11.9 Å². The number of halogens is 2. The second kappa shape index (κ2) is 14.2. The second-order valence-corrected chi connectivity index (χ2v) is 10.3. The summed E-state index contributed by atoms with van der Waals surface area (Å²) in [5.74, 6) is -0.305. The fraction of sp³-hybridized carbons (Fsp3) is 0.321. The molecule has 38 heavy (non-hydrogen) atoms. The molecule has 3 aromatic rings. The molecule has 202 valence electrons. The van der Waals surface area contributed by atoms with Crippen molar-refractivity contribution in [1.29, 1.82) is 0 Å². The Bertz CT molecular complexity index is 1300. The summed E-state index contributed by atoms with van der Waals surface area (Å²) in [4.78, 5) is 28.6. The summed E-state index contributed by atoms with van der Waals surface area (Å²) in [5.41, 5.74) is 2.00. The van der Waals surface area contributed by atoms with E-state index in [4.69, 9.17) is 37.8 Å². The van der Waals surface area contributed by atoms with E-state index in [1.165, 1.54) is 55.7 Å². The highest BCUT2D eigenvalue weighted by atomic mass is 35.5. The van der Waals surface area contributed by atoms with Crippen LogP contribution in [0.2, 0.25) is 10.0 Å². The molecule has 10 heteroatoms. The van der Waals surface area contributed by atoms with Crippen LogP contribution in [-0.2, 0) is 4.79 Å². The number of anilines is 1. The van der Waals surface area contributed by atoms with Crippen molar-refractivity contribution in [3.05, 3.63) is 62.5 Å². The molecule has 0 spiro atoms. The number of hydrogen-bond acceptors (Lipinski definition) is 6. The van der Waals surface area contributed by atoms with Crippen molar-refractivity contribution in [2.45, 2.75) is 46.0 Å². The molecule has 1 aromatic heterocycles. The lowest BCUT2D eigenvalue weighted by molar-refractivity contribution is -0.132. The summed E-state index contributed by atoms with van der Waals surface area (Å²) < 4.78 is 11.6. The second-order valence-electron chi connectivity index (χ2n) is 8.58. The molecule has 7 nitrogen and oxygen atoms in total. The number of ether oxygens (including phenoxy) is 2. The van der Waals surface area contributed by atoms with Crippen molar-refractivity contribution in [1.82, 2.24) is 4.98 Å². The molecule has 0 fully saturated rings. The lowest BCUT2D eigenvalue weighted by Gasteiger charge is -2.13. The van der Waals surface area contributed by atoms with E-state index in [0.717, 1.165) is 18.4 Å². The van der Waals surface area contributed by atoms with E-state index in [9.17, 15) is 9.59 Å². The number of carboxylic acid groups (broad SMARTS) is 1. The highest BCUT2D eigenvalue weighted by molar-refractivity contribution is 7.14. The number of thiazole rings is 1. The first kappa shape index (κ1) is 29.5. The molecule has 2 N–H and O–H groups in total. The number of para-hydroxylation sites is 1. The predicted molar refractivity (Wildman–Crippen MR) is 154 cm³/mol. The Labute approximate surface area is 236 Å². The molecule has 0 saturated carbocycles. The standard InChI is InChI=1S/C28H30Cl2N2O5S/c1-4-5-6-7-8-12-37-24-11-9-10-19(25(24)36-3)23-16-38-28(31-23)32-26(33)18-14-21(29)20(22(30)15-18)13-17(2)27(34)35/h9-11,13-16H,4-8,12H2,1-3H3,(H,34,35)(H,31,32,33). The normalized spacial score (nSPS) is 11.3. The van der Waals surface area contributed by atoms with Crippen LogP contribution in [0, 0.1) is 0 Å². The molecule has 0 atom stereocenters. The van der Waals surface area contributed by atoms with Gasteiger partial charge in [-0.25, -0.2) is 9.78 Å². The van der Waals surface area contributed by atoms with Crippen molar-refractivity contribution < 1.29 is 24.2 Å². The molecule has 0 unspecified atom stereocenters. The molecule has 0 radical (unpaired) electrons. The zero-order valence-corrected chi connectivity index (χ0v) is 23.8. The third-order valence-corrected chi connectivity index (χ3v) is 7.11. The van der Waals surface area contributed by atoms with Gasteiger partial charge in [0, 0.05) is 27.6 Å². The molecule has 0 aliphatic carbocycles. The van der Waals surface area contributed by atoms with Gasteiger partial charge in [-0.2, -0.15) is 0 Å². The fourth-order valence-corrected chi connectivity index (χ4v) is 4.99. The number of carboxylic acids is 1. The van der Waals surface area contributed by atoms with E-state index in [1.54, 1.807) is 7.11 Å². The van der Waals surface area contributed by atoms with E-state index in [0.29, 0.717) is 34.5 Å². The first-order valence-electron chi connectivity index (χ1n) is 12.2. The molecule has 1 heterocycles. The van der Waals surface area contributed by atoms with E-state index in [-0.39, 0.29) is 21.2 Å². The number of carbonyl (C=O) groups excluding carboxylic acids is 1. The van der Waals surface area contributed by atoms with Crippen molar-refractivity contribution >= 4 is 57.6 Å². The Morgan fingerprint density at radius 2 is 1.84 bits per heavy atom. The number of unbranched alkanes of at least 4 members (excludes halogenated alkanes) is 4. The molecular formula is C28H30Cl2N2O5S. The molecule has 0 aliphatic heterocycles. The van der Waals surface area contributed by atoms with Gasteiger partial charge >= 0.3 is 5.97 Å². The molecular weight excluding hydrogens is 547 g/mol. The topological polar surface area (TPSA) is 97.8 Å². The Balaban J connectivity index is 1.73. The zero-order valence-electron chi connectivity index (χ0n) is 21.5. The molecule has 0 saturated heterocycles. The number of aliphatic carboxylic acids is 1. The highest BCUT2D eigenvalue weighted by Gasteiger charge is 2.18. The lowest BCUT2D eigenvalue weighted by Crippen LogP contribution is -2.12. The predicted octanol–water partition coefficient (Wildman–Crippen LogP) is 8.21. The smallest absolute Gasteiger partial charge is 0.331 e. The third kappa shape index (κ3) is 7.72. The van der Waals surface area contributed by atoms with Crippen LogP contribution in [0.3, 0.4) is 0 Å². The number of aromatic nitrogens is 1. The van der Waals surface area contributed by atoms with Crippen LogP contribution in [0.4, 0.5) is 5.13 Å². The van der Waals surface area contributed by atoms with Gasteiger partial charge in [0.15, 0.2) is 16.6 Å². The van der Waals surface area contributed by atoms with Gasteiger partial charge in [-0.1, -0.05) is 61.9 Å². The minimum atomic E-state index is -1.09. The van der Waals surface area contributed by atoms with E-state index >= 15 is 0 Å². The van der Waals surface area contributed by atoms with Crippen molar-refractivity contribution in [3.63, 3.8) is 0 Å². The van der Waals surface area contributed by atoms with Crippen LogP contribution in [-0.4, -0.2) is 35.7 Å². The monoisotopic (exact) mass is 576 g/mol. The lowest BCUT2D eigenvalue weighted by atomic mass is 10.1. The average Bonchev–Trinajstić information content (AvgIpc) is 3.35. The summed E-state index contributed by atoms with van der Waals surface area (Å²) in [6.07, 6.45) is 7.10. The summed E-state index contributed by atoms with van der Waals surface area (Å²) in [5, 5.41) is 14.4. The molecule has 2 aromatic carbocycles. The largest absolute Gasteiger partial charge is 0.492 e. The van der Waals surface area contributed by atoms with Gasteiger partial charge in [-0.3, -0.25) is 10.1 Å². The van der Waals surface area contributed by atoms with Gasteiger partial charge in [-0.15, -0.1) is 11.3 Å². The average molecular weight is 578 g/mol. The quantitative estimate of drug-likeness (QED) is 0.157.